The molecule has 0 spiro atoms. The molecule has 1 aromatic rings. The average Bonchev–Trinajstić information content (AvgIpc) is 2.28. The Morgan fingerprint density at radius 3 is 2.56 bits per heavy atom. The highest BCUT2D eigenvalue weighted by Crippen LogP contribution is 2.30. The van der Waals surface area contributed by atoms with Crippen molar-refractivity contribution in [3.8, 4) is 11.5 Å². The van der Waals surface area contributed by atoms with Gasteiger partial charge < -0.3 is 9.47 Å². The van der Waals surface area contributed by atoms with Gasteiger partial charge in [0.25, 0.3) is 0 Å². The van der Waals surface area contributed by atoms with Crippen LogP contribution in [0.5, 0.6) is 11.5 Å². The molecule has 0 N–H and O–H groups in total. The molecule has 1 aromatic carbocycles. The molecule has 0 amide bonds. The summed E-state index contributed by atoms with van der Waals surface area (Å²) >= 11 is 5.54. The monoisotopic (exact) mass is 282 g/mol. The van der Waals surface area contributed by atoms with Gasteiger partial charge in [0.2, 0.25) is 0 Å². The smallest absolute Gasteiger partial charge is 0.494 e. The van der Waals surface area contributed by atoms with Crippen LogP contribution in [0.2, 0.25) is 0 Å². The predicted molar refractivity (Wildman–Crippen MR) is 63.3 cm³/mol. The summed E-state index contributed by atoms with van der Waals surface area (Å²) in [5.74, 6) is 0.706. The normalized spacial score (nSPS) is 11.4. The van der Waals surface area contributed by atoms with Gasteiger partial charge in [-0.2, -0.15) is 0 Å². The predicted octanol–water partition coefficient (Wildman–Crippen LogP) is 4.16. The lowest BCUT2D eigenvalue weighted by atomic mass is 10.1. The molecule has 0 aliphatic heterocycles. The van der Waals surface area contributed by atoms with E-state index in [0.717, 1.165) is 0 Å². The molecule has 0 aliphatic carbocycles. The van der Waals surface area contributed by atoms with E-state index in [1.165, 1.54) is 12.1 Å². The lowest BCUT2D eigenvalue weighted by Crippen LogP contribution is -2.18. The van der Waals surface area contributed by atoms with Gasteiger partial charge in [0.15, 0.2) is 0 Å². The van der Waals surface area contributed by atoms with E-state index < -0.39 is 6.36 Å². The van der Waals surface area contributed by atoms with Gasteiger partial charge in [0.1, 0.15) is 11.5 Å². The van der Waals surface area contributed by atoms with E-state index in [-0.39, 0.29) is 5.75 Å². The second-order valence-corrected chi connectivity index (χ2v) is 3.92. The maximum atomic E-state index is 12.2. The van der Waals surface area contributed by atoms with Crippen LogP contribution in [-0.4, -0.2) is 18.8 Å². The number of rotatable bonds is 6. The van der Waals surface area contributed by atoms with Gasteiger partial charge in [0.05, 0.1) is 6.61 Å². The number of benzene rings is 1. The molecule has 0 saturated heterocycles. The van der Waals surface area contributed by atoms with Crippen LogP contribution < -0.4 is 9.47 Å². The van der Waals surface area contributed by atoms with Crippen molar-refractivity contribution in [1.82, 2.24) is 0 Å². The summed E-state index contributed by atoms with van der Waals surface area (Å²) in [6.45, 7) is 2.26. The standard InChI is InChI=1S/C12H14ClF3O2/c1-2-17-10-5-6-11(18-12(14,15)16)9(8-10)4-3-7-13/h5-6,8H,2-4,7H2,1H3. The molecule has 0 fully saturated rings. The number of hydrogen-bond donors (Lipinski definition) is 0. The van der Waals surface area contributed by atoms with Crippen molar-refractivity contribution in [1.29, 1.82) is 0 Å². The Kier molecular flexibility index (Phi) is 5.59. The Morgan fingerprint density at radius 2 is 2.00 bits per heavy atom. The third-order valence-electron chi connectivity index (χ3n) is 2.15. The highest BCUT2D eigenvalue weighted by atomic mass is 35.5. The van der Waals surface area contributed by atoms with Gasteiger partial charge >= 0.3 is 6.36 Å². The van der Waals surface area contributed by atoms with Crippen LogP contribution in [-0.2, 0) is 6.42 Å². The minimum absolute atomic E-state index is 0.198. The van der Waals surface area contributed by atoms with Crippen molar-refractivity contribution in [2.45, 2.75) is 26.1 Å². The molecule has 0 unspecified atom stereocenters. The van der Waals surface area contributed by atoms with E-state index in [1.807, 2.05) is 0 Å². The number of ether oxygens (including phenoxy) is 2. The Labute approximate surface area is 109 Å². The first-order valence-corrected chi connectivity index (χ1v) is 6.07. The van der Waals surface area contributed by atoms with Crippen molar-refractivity contribution in [3.05, 3.63) is 23.8 Å². The quantitative estimate of drug-likeness (QED) is 0.730. The zero-order chi connectivity index (χ0) is 13.6. The first-order valence-electron chi connectivity index (χ1n) is 5.53. The molecule has 0 radical (unpaired) electrons. The minimum atomic E-state index is -4.69. The summed E-state index contributed by atoms with van der Waals surface area (Å²) in [6.07, 6.45) is -3.70. The van der Waals surface area contributed by atoms with Crippen molar-refractivity contribution >= 4 is 11.6 Å². The third-order valence-corrected chi connectivity index (χ3v) is 2.42. The molecule has 6 heteroatoms. The third kappa shape index (κ3) is 5.04. The second-order valence-electron chi connectivity index (χ2n) is 3.54. The van der Waals surface area contributed by atoms with Crippen molar-refractivity contribution < 1.29 is 22.6 Å². The van der Waals surface area contributed by atoms with Crippen LogP contribution in [0.4, 0.5) is 13.2 Å². The summed E-state index contributed by atoms with van der Waals surface area (Å²) in [5, 5.41) is 0. The Morgan fingerprint density at radius 1 is 1.28 bits per heavy atom. The fourth-order valence-corrected chi connectivity index (χ4v) is 1.62. The van der Waals surface area contributed by atoms with Crippen LogP contribution in [0, 0.1) is 0 Å². The summed E-state index contributed by atoms with van der Waals surface area (Å²) < 4.78 is 45.8. The second kappa shape index (κ2) is 6.73. The van der Waals surface area contributed by atoms with Crippen molar-refractivity contribution in [2.75, 3.05) is 12.5 Å². The number of halogens is 4. The number of hydrogen-bond acceptors (Lipinski definition) is 2. The van der Waals surface area contributed by atoms with Gasteiger partial charge in [-0.1, -0.05) is 0 Å². The van der Waals surface area contributed by atoms with Crippen molar-refractivity contribution in [2.24, 2.45) is 0 Å². The molecule has 0 aliphatic rings. The fraction of sp³-hybridized carbons (Fsp3) is 0.500. The first kappa shape index (κ1) is 15.0. The van der Waals surface area contributed by atoms with Gasteiger partial charge in [0, 0.05) is 5.88 Å². The topological polar surface area (TPSA) is 18.5 Å². The molecule has 0 bridgehead atoms. The molecule has 1 rings (SSSR count). The van der Waals surface area contributed by atoms with E-state index in [0.29, 0.717) is 36.6 Å². The number of alkyl halides is 4. The van der Waals surface area contributed by atoms with Gasteiger partial charge in [-0.3, -0.25) is 0 Å². The van der Waals surface area contributed by atoms with Gasteiger partial charge in [-0.25, -0.2) is 0 Å². The average molecular weight is 283 g/mol. The molecule has 0 saturated carbocycles. The Hall–Kier alpha value is -1.10. The maximum Gasteiger partial charge on any atom is 0.573 e. The van der Waals surface area contributed by atoms with Gasteiger partial charge in [-0.15, -0.1) is 24.8 Å². The summed E-state index contributed by atoms with van der Waals surface area (Å²) in [4.78, 5) is 0. The van der Waals surface area contributed by atoms with E-state index in [1.54, 1.807) is 13.0 Å². The molecule has 102 valence electrons. The SMILES string of the molecule is CCOc1ccc(OC(F)(F)F)c(CCCCl)c1. The van der Waals surface area contributed by atoms with E-state index in [9.17, 15) is 13.2 Å². The zero-order valence-corrected chi connectivity index (χ0v) is 10.6. The summed E-state index contributed by atoms with van der Waals surface area (Å²) in [6, 6.07) is 4.27. The lowest BCUT2D eigenvalue weighted by molar-refractivity contribution is -0.274. The summed E-state index contributed by atoms with van der Waals surface area (Å²) in [7, 11) is 0. The highest BCUT2D eigenvalue weighted by Gasteiger charge is 2.32. The number of aryl methyl sites for hydroxylation is 1. The van der Waals surface area contributed by atoms with Crippen LogP contribution in [0.3, 0.4) is 0 Å². The first-order chi connectivity index (χ1) is 8.46. The lowest BCUT2D eigenvalue weighted by Gasteiger charge is -2.14. The molecule has 0 aromatic heterocycles. The summed E-state index contributed by atoms with van der Waals surface area (Å²) in [5.41, 5.74) is 0.443. The minimum Gasteiger partial charge on any atom is -0.494 e. The van der Waals surface area contributed by atoms with Gasteiger partial charge in [-0.05, 0) is 43.5 Å². The fourth-order valence-electron chi connectivity index (χ4n) is 1.49. The van der Waals surface area contributed by atoms with Crippen LogP contribution in [0.1, 0.15) is 18.9 Å². The molecule has 18 heavy (non-hydrogen) atoms. The van der Waals surface area contributed by atoms with Crippen molar-refractivity contribution in [3.63, 3.8) is 0 Å². The van der Waals surface area contributed by atoms with E-state index in [2.05, 4.69) is 4.74 Å². The molecule has 2 nitrogen and oxygen atoms in total. The molecule has 0 heterocycles. The molecular formula is C12H14ClF3O2. The van der Waals surface area contributed by atoms with Crippen LogP contribution in [0.15, 0.2) is 18.2 Å². The van der Waals surface area contributed by atoms with Crippen LogP contribution >= 0.6 is 11.6 Å². The van der Waals surface area contributed by atoms with E-state index in [4.69, 9.17) is 16.3 Å². The Bertz CT molecular complexity index is 380. The zero-order valence-electron chi connectivity index (χ0n) is 9.89. The van der Waals surface area contributed by atoms with E-state index >= 15 is 0 Å². The molecular weight excluding hydrogens is 269 g/mol. The largest absolute Gasteiger partial charge is 0.573 e. The van der Waals surface area contributed by atoms with Crippen LogP contribution in [0.25, 0.3) is 0 Å². The maximum absolute atomic E-state index is 12.2. The highest BCUT2D eigenvalue weighted by molar-refractivity contribution is 6.17. The Balaban J connectivity index is 2.92. The molecule has 0 atom stereocenters.